The van der Waals surface area contributed by atoms with E-state index >= 15 is 0 Å². The number of rotatable bonds is 5. The molecule has 1 aliphatic carbocycles. The van der Waals surface area contributed by atoms with Gasteiger partial charge in [0.1, 0.15) is 22.3 Å². The lowest BCUT2D eigenvalue weighted by molar-refractivity contribution is 0.660. The maximum absolute atomic E-state index is 6.44. The Hall–Kier alpha value is -7.36. The zero-order chi connectivity index (χ0) is 38.5. The Kier molecular flexibility index (Phi) is 6.98. The lowest BCUT2D eigenvalue weighted by Crippen LogP contribution is -2.16. The van der Waals surface area contributed by atoms with Crippen molar-refractivity contribution in [2.75, 3.05) is 4.90 Å². The first-order valence-corrected chi connectivity index (χ1v) is 20.0. The number of nitrogens with zero attached hydrogens (tertiary/aromatic N) is 1. The van der Waals surface area contributed by atoms with E-state index in [-0.39, 0.29) is 5.41 Å². The van der Waals surface area contributed by atoms with Gasteiger partial charge in [-0.05, 0) is 111 Å². The van der Waals surface area contributed by atoms with Gasteiger partial charge in [0, 0.05) is 43.8 Å². The van der Waals surface area contributed by atoms with Crippen molar-refractivity contribution in [1.82, 2.24) is 0 Å². The zero-order valence-electron chi connectivity index (χ0n) is 32.2. The van der Waals surface area contributed by atoms with Crippen molar-refractivity contribution in [3.05, 3.63) is 199 Å². The zero-order valence-corrected chi connectivity index (χ0v) is 32.2. The Morgan fingerprint density at radius 2 is 0.948 bits per heavy atom. The molecular formula is C55H37NO2. The topological polar surface area (TPSA) is 29.5 Å². The molecule has 12 rings (SSSR count). The van der Waals surface area contributed by atoms with Crippen molar-refractivity contribution in [1.29, 1.82) is 0 Å². The van der Waals surface area contributed by atoms with Gasteiger partial charge in [-0.15, -0.1) is 0 Å². The minimum atomic E-state index is -0.134. The summed E-state index contributed by atoms with van der Waals surface area (Å²) in [5.74, 6) is 0. The summed E-state index contributed by atoms with van der Waals surface area (Å²) in [6.07, 6.45) is 0. The van der Waals surface area contributed by atoms with Crippen LogP contribution in [0.4, 0.5) is 17.1 Å². The Bertz CT molecular complexity index is 3440. The molecule has 274 valence electrons. The van der Waals surface area contributed by atoms with Crippen LogP contribution in [0.25, 0.3) is 88.0 Å². The summed E-state index contributed by atoms with van der Waals surface area (Å²) >= 11 is 0. The summed E-state index contributed by atoms with van der Waals surface area (Å²) in [4.78, 5) is 2.47. The fraction of sp³-hybridized carbons (Fsp3) is 0.0545. The highest BCUT2D eigenvalue weighted by molar-refractivity contribution is 6.11. The second-order valence-corrected chi connectivity index (χ2v) is 16.1. The molecule has 0 spiro atoms. The summed E-state index contributed by atoms with van der Waals surface area (Å²) in [6, 6.07) is 67.9. The molecule has 1 aliphatic rings. The fourth-order valence-electron chi connectivity index (χ4n) is 9.58. The third kappa shape index (κ3) is 4.86. The van der Waals surface area contributed by atoms with Crippen molar-refractivity contribution in [3.8, 4) is 33.4 Å². The van der Waals surface area contributed by atoms with Gasteiger partial charge >= 0.3 is 0 Å². The highest BCUT2D eigenvalue weighted by Gasteiger charge is 2.38. The van der Waals surface area contributed by atoms with E-state index in [2.05, 4.69) is 195 Å². The molecule has 3 heteroatoms. The number of furan rings is 2. The molecule has 0 aliphatic heterocycles. The highest BCUT2D eigenvalue weighted by atomic mass is 16.3. The van der Waals surface area contributed by atoms with Crippen LogP contribution in [0.5, 0.6) is 0 Å². The summed E-state index contributed by atoms with van der Waals surface area (Å²) in [6.45, 7) is 4.70. The molecule has 0 saturated heterocycles. The third-order valence-electron chi connectivity index (χ3n) is 12.5. The fourth-order valence-corrected chi connectivity index (χ4v) is 9.58. The largest absolute Gasteiger partial charge is 0.456 e. The van der Waals surface area contributed by atoms with E-state index in [1.165, 1.54) is 33.0 Å². The smallest absolute Gasteiger partial charge is 0.136 e. The lowest BCUT2D eigenvalue weighted by Gasteiger charge is -2.30. The molecule has 3 nitrogen and oxygen atoms in total. The summed E-state index contributed by atoms with van der Waals surface area (Å²) < 4.78 is 12.6. The monoisotopic (exact) mass is 743 g/mol. The second-order valence-electron chi connectivity index (χ2n) is 16.1. The van der Waals surface area contributed by atoms with E-state index in [0.717, 1.165) is 83.2 Å². The molecule has 0 amide bonds. The normalized spacial score (nSPS) is 13.1. The Balaban J connectivity index is 1.05. The molecule has 2 heterocycles. The number of hydrogen-bond donors (Lipinski definition) is 0. The molecule has 58 heavy (non-hydrogen) atoms. The van der Waals surface area contributed by atoms with Gasteiger partial charge in [-0.1, -0.05) is 135 Å². The van der Waals surface area contributed by atoms with E-state index < -0.39 is 0 Å². The van der Waals surface area contributed by atoms with Crippen molar-refractivity contribution in [2.45, 2.75) is 19.3 Å². The maximum atomic E-state index is 6.44. The molecule has 0 radical (unpaired) electrons. The van der Waals surface area contributed by atoms with Gasteiger partial charge in [0.2, 0.25) is 0 Å². The van der Waals surface area contributed by atoms with Gasteiger partial charge in [0.25, 0.3) is 0 Å². The van der Waals surface area contributed by atoms with E-state index in [1.807, 2.05) is 12.1 Å². The molecule has 0 atom stereocenters. The quantitative estimate of drug-likeness (QED) is 0.176. The number of hydrogen-bond acceptors (Lipinski definition) is 3. The Morgan fingerprint density at radius 1 is 0.379 bits per heavy atom. The first kappa shape index (κ1) is 32.8. The van der Waals surface area contributed by atoms with Crippen molar-refractivity contribution in [2.24, 2.45) is 0 Å². The second kappa shape index (κ2) is 12.3. The van der Waals surface area contributed by atoms with Crippen LogP contribution in [0.2, 0.25) is 0 Å². The van der Waals surface area contributed by atoms with Gasteiger partial charge in [-0.2, -0.15) is 0 Å². The van der Waals surface area contributed by atoms with Gasteiger partial charge in [0.15, 0.2) is 0 Å². The van der Waals surface area contributed by atoms with E-state index in [4.69, 9.17) is 8.83 Å². The minimum absolute atomic E-state index is 0.134. The van der Waals surface area contributed by atoms with Crippen LogP contribution in [0.1, 0.15) is 25.0 Å². The molecule has 11 aromatic rings. The van der Waals surface area contributed by atoms with Crippen LogP contribution in [0, 0.1) is 0 Å². The first-order valence-electron chi connectivity index (χ1n) is 20.0. The maximum Gasteiger partial charge on any atom is 0.136 e. The molecule has 0 unspecified atom stereocenters. The lowest BCUT2D eigenvalue weighted by atomic mass is 9.82. The van der Waals surface area contributed by atoms with Crippen LogP contribution < -0.4 is 4.90 Å². The number of anilines is 3. The molecule has 0 saturated carbocycles. The van der Waals surface area contributed by atoms with Crippen molar-refractivity contribution < 1.29 is 8.83 Å². The van der Waals surface area contributed by atoms with E-state index in [1.54, 1.807) is 0 Å². The predicted octanol–water partition coefficient (Wildman–Crippen LogP) is 15.7. The van der Waals surface area contributed by atoms with Crippen LogP contribution >= 0.6 is 0 Å². The number of fused-ring (bicyclic) bond motifs is 10. The van der Waals surface area contributed by atoms with Crippen LogP contribution in [0.15, 0.2) is 197 Å². The Morgan fingerprint density at radius 3 is 1.79 bits per heavy atom. The van der Waals surface area contributed by atoms with Crippen LogP contribution in [-0.4, -0.2) is 0 Å². The van der Waals surface area contributed by atoms with E-state index in [0.29, 0.717) is 0 Å². The Labute approximate surface area is 336 Å². The summed E-state index contributed by atoms with van der Waals surface area (Å²) in [7, 11) is 0. The molecule has 0 bridgehead atoms. The SMILES string of the molecule is CC1(C)c2ccccc2-c2c(N(c3ccc(-c4ccc5oc6ccccc6c5c4)cc3)c3ccccc3-c3ccc4oc5cc6ccccc6cc5c4c3)cccc21. The van der Waals surface area contributed by atoms with Crippen LogP contribution in [-0.2, 0) is 5.41 Å². The van der Waals surface area contributed by atoms with E-state index in [9.17, 15) is 0 Å². The third-order valence-corrected chi connectivity index (χ3v) is 12.5. The average molecular weight is 744 g/mol. The van der Waals surface area contributed by atoms with Gasteiger partial charge in [-0.3, -0.25) is 0 Å². The summed E-state index contributed by atoms with van der Waals surface area (Å²) in [5.41, 5.74) is 16.7. The van der Waals surface area contributed by atoms with Crippen LogP contribution in [0.3, 0.4) is 0 Å². The molecular weight excluding hydrogens is 707 g/mol. The molecule has 0 fully saturated rings. The van der Waals surface area contributed by atoms with Gasteiger partial charge in [0.05, 0.1) is 11.4 Å². The molecule has 2 aromatic heterocycles. The molecule has 0 N–H and O–H groups in total. The number of benzene rings is 9. The average Bonchev–Trinajstić information content (AvgIpc) is 3.90. The minimum Gasteiger partial charge on any atom is -0.456 e. The van der Waals surface area contributed by atoms with Crippen molar-refractivity contribution >= 4 is 71.7 Å². The highest BCUT2D eigenvalue weighted by Crippen LogP contribution is 2.55. The molecule has 9 aromatic carbocycles. The number of para-hydroxylation sites is 2. The van der Waals surface area contributed by atoms with Gasteiger partial charge in [-0.25, -0.2) is 0 Å². The predicted molar refractivity (Wildman–Crippen MR) is 242 cm³/mol. The van der Waals surface area contributed by atoms with Crippen molar-refractivity contribution in [3.63, 3.8) is 0 Å². The summed E-state index contributed by atoms with van der Waals surface area (Å²) in [5, 5.41) is 6.89. The standard InChI is InChI=1S/C55H37NO2/c1-55(2)46-17-8-5-16-42(46)54-47(55)18-11-20-49(54)56(39-26-22-34(23-27-39)37-24-28-51-43(31-37)41-15-7-10-21-50(41)57-51)48-19-9-6-14-40(48)38-25-29-52-44(32-38)45-30-35-12-3-4-13-36(35)33-53(45)58-52/h3-33H,1-2H3. The first-order chi connectivity index (χ1) is 28.5. The van der Waals surface area contributed by atoms with Gasteiger partial charge < -0.3 is 13.7 Å².